The normalized spacial score (nSPS) is 11.8. The van der Waals surface area contributed by atoms with Crippen molar-refractivity contribution in [3.63, 3.8) is 0 Å². The maximum atomic E-state index is 12.9. The highest BCUT2D eigenvalue weighted by molar-refractivity contribution is 5.93. The van der Waals surface area contributed by atoms with E-state index in [-0.39, 0.29) is 23.3 Å². The molecule has 45 heavy (non-hydrogen) atoms. The number of anilines is 1. The fraction of sp³-hybridized carbons (Fsp3) is 0.258. The van der Waals surface area contributed by atoms with Crippen LogP contribution in [0.2, 0.25) is 0 Å². The van der Waals surface area contributed by atoms with Gasteiger partial charge in [0, 0.05) is 36.2 Å². The zero-order valence-electron chi connectivity index (χ0n) is 25.5. The SMILES string of the molecule is Cc1nnnn1/N=C/c1ccc(O)c(C(c2cccc(N(C)C(=O)CC(C)C)c2)c2cc(/C=N/n3nnnc3C)ccc2O)c1. The molecule has 0 saturated carbocycles. The second-order valence-electron chi connectivity index (χ2n) is 10.9. The summed E-state index contributed by atoms with van der Waals surface area (Å²) in [4.78, 5) is 17.1. The Hall–Kier alpha value is -5.79. The van der Waals surface area contributed by atoms with Gasteiger partial charge in [-0.3, -0.25) is 4.79 Å². The molecular weight excluding hydrogens is 574 g/mol. The summed E-state index contributed by atoms with van der Waals surface area (Å²) in [5.74, 6) is 0.559. The number of aromatic nitrogens is 8. The molecule has 0 bridgehead atoms. The molecule has 5 aromatic rings. The molecule has 0 radical (unpaired) electrons. The van der Waals surface area contributed by atoms with Crippen LogP contribution in [-0.2, 0) is 4.79 Å². The molecule has 2 N–H and O–H groups in total. The number of aromatic hydroxyl groups is 2. The molecule has 5 rings (SSSR count). The van der Waals surface area contributed by atoms with E-state index in [0.29, 0.717) is 46.0 Å². The zero-order chi connectivity index (χ0) is 32.1. The topological polar surface area (TPSA) is 173 Å². The minimum absolute atomic E-state index is 0.00757. The maximum Gasteiger partial charge on any atom is 0.226 e. The standard InChI is InChI=1S/C31H33N11O3/c1-19(2)13-30(45)40(5)25-8-6-7-24(16-25)31(26-14-22(9-11-28(26)43)17-32-41-20(3)34-36-38-41)27-15-23(10-12-29(27)44)18-33-42-21(4)35-37-39-42/h6-12,14-19,31,43-44H,13H2,1-5H3/b32-17+,33-18+. The third-order valence-electron chi connectivity index (χ3n) is 7.11. The number of nitrogens with zero attached hydrogens (tertiary/aromatic N) is 11. The molecule has 14 heteroatoms. The van der Waals surface area contributed by atoms with Crippen molar-refractivity contribution in [2.24, 2.45) is 16.1 Å². The quantitative estimate of drug-likeness (QED) is 0.177. The molecule has 1 amide bonds. The van der Waals surface area contributed by atoms with Crippen LogP contribution >= 0.6 is 0 Å². The molecule has 0 saturated heterocycles. The van der Waals surface area contributed by atoms with Gasteiger partial charge >= 0.3 is 0 Å². The van der Waals surface area contributed by atoms with Crippen molar-refractivity contribution < 1.29 is 15.0 Å². The minimum Gasteiger partial charge on any atom is -0.508 e. The summed E-state index contributed by atoms with van der Waals surface area (Å²) in [6.45, 7) is 7.45. The van der Waals surface area contributed by atoms with Crippen LogP contribution < -0.4 is 4.90 Å². The second-order valence-corrected chi connectivity index (χ2v) is 10.9. The van der Waals surface area contributed by atoms with Gasteiger partial charge in [-0.25, -0.2) is 0 Å². The Morgan fingerprint density at radius 3 is 1.84 bits per heavy atom. The smallest absolute Gasteiger partial charge is 0.226 e. The van der Waals surface area contributed by atoms with Gasteiger partial charge in [0.25, 0.3) is 0 Å². The Labute approximate surface area is 259 Å². The average Bonchev–Trinajstić information content (AvgIpc) is 3.63. The number of hydrogen-bond donors (Lipinski definition) is 2. The van der Waals surface area contributed by atoms with Gasteiger partial charge in [-0.15, -0.1) is 19.8 Å². The van der Waals surface area contributed by atoms with Crippen molar-refractivity contribution in [1.29, 1.82) is 0 Å². The lowest BCUT2D eigenvalue weighted by atomic mass is 9.82. The van der Waals surface area contributed by atoms with E-state index in [2.05, 4.69) is 41.3 Å². The Morgan fingerprint density at radius 2 is 1.38 bits per heavy atom. The van der Waals surface area contributed by atoms with Crippen molar-refractivity contribution in [3.8, 4) is 11.5 Å². The molecule has 0 aliphatic heterocycles. The van der Waals surface area contributed by atoms with Crippen LogP contribution in [0.4, 0.5) is 5.69 Å². The Balaban J connectivity index is 1.63. The monoisotopic (exact) mass is 607 g/mol. The number of phenols is 2. The molecule has 0 aliphatic rings. The molecule has 14 nitrogen and oxygen atoms in total. The molecular formula is C31H33N11O3. The predicted molar refractivity (Wildman–Crippen MR) is 168 cm³/mol. The van der Waals surface area contributed by atoms with E-state index >= 15 is 0 Å². The van der Waals surface area contributed by atoms with E-state index < -0.39 is 5.92 Å². The number of tetrazole rings is 2. The maximum absolute atomic E-state index is 12.9. The van der Waals surface area contributed by atoms with Crippen LogP contribution in [0.5, 0.6) is 11.5 Å². The lowest BCUT2D eigenvalue weighted by Gasteiger charge is -2.24. The number of phenolic OH excluding ortho intramolecular Hbond substituents is 2. The van der Waals surface area contributed by atoms with Crippen LogP contribution in [0, 0.1) is 19.8 Å². The highest BCUT2D eigenvalue weighted by Crippen LogP contribution is 2.42. The first-order valence-corrected chi connectivity index (χ1v) is 14.2. The highest BCUT2D eigenvalue weighted by atomic mass is 16.3. The zero-order valence-corrected chi connectivity index (χ0v) is 25.5. The predicted octanol–water partition coefficient (Wildman–Crippen LogP) is 3.64. The lowest BCUT2D eigenvalue weighted by Crippen LogP contribution is -2.27. The Morgan fingerprint density at radius 1 is 0.844 bits per heavy atom. The van der Waals surface area contributed by atoms with Crippen molar-refractivity contribution in [3.05, 3.63) is 100 Å². The highest BCUT2D eigenvalue weighted by Gasteiger charge is 2.25. The van der Waals surface area contributed by atoms with Gasteiger partial charge in [0.05, 0.1) is 12.4 Å². The van der Waals surface area contributed by atoms with Gasteiger partial charge in [0.1, 0.15) is 11.5 Å². The number of carbonyl (C=O) groups excluding carboxylic acids is 1. The number of aryl methyl sites for hydroxylation is 2. The summed E-state index contributed by atoms with van der Waals surface area (Å²) in [5, 5.41) is 53.7. The molecule has 0 spiro atoms. The summed E-state index contributed by atoms with van der Waals surface area (Å²) < 4.78 is 0. The van der Waals surface area contributed by atoms with E-state index in [1.54, 1.807) is 74.6 Å². The fourth-order valence-electron chi connectivity index (χ4n) is 4.75. The summed E-state index contributed by atoms with van der Waals surface area (Å²) in [7, 11) is 1.74. The first-order chi connectivity index (χ1) is 21.6. The average molecular weight is 608 g/mol. The molecule has 0 aliphatic carbocycles. The van der Waals surface area contributed by atoms with Gasteiger partial charge in [-0.1, -0.05) is 26.0 Å². The van der Waals surface area contributed by atoms with Gasteiger partial charge in [0.15, 0.2) is 11.6 Å². The van der Waals surface area contributed by atoms with Gasteiger partial charge in [-0.2, -0.15) is 10.2 Å². The number of rotatable bonds is 10. The first kappa shape index (κ1) is 30.7. The lowest BCUT2D eigenvalue weighted by molar-refractivity contribution is -0.119. The van der Waals surface area contributed by atoms with Crippen molar-refractivity contribution >= 4 is 24.0 Å². The molecule has 0 atom stereocenters. The number of hydrogen-bond acceptors (Lipinski definition) is 11. The van der Waals surface area contributed by atoms with E-state index in [9.17, 15) is 15.0 Å². The van der Waals surface area contributed by atoms with Gasteiger partial charge in [-0.05, 0) is 106 Å². The molecule has 230 valence electrons. The van der Waals surface area contributed by atoms with Gasteiger partial charge < -0.3 is 15.1 Å². The summed E-state index contributed by atoms with van der Waals surface area (Å²) >= 11 is 0. The molecule has 2 heterocycles. The van der Waals surface area contributed by atoms with Crippen LogP contribution in [-0.4, -0.2) is 76.2 Å². The fourth-order valence-corrected chi connectivity index (χ4v) is 4.75. The van der Waals surface area contributed by atoms with E-state index in [1.807, 2.05) is 38.1 Å². The van der Waals surface area contributed by atoms with Crippen molar-refractivity contribution in [2.45, 2.75) is 40.0 Å². The van der Waals surface area contributed by atoms with E-state index in [1.165, 1.54) is 9.58 Å². The third kappa shape index (κ3) is 7.06. The van der Waals surface area contributed by atoms with Crippen LogP contribution in [0.1, 0.15) is 65.7 Å². The minimum atomic E-state index is -0.662. The first-order valence-electron chi connectivity index (χ1n) is 14.2. The second kappa shape index (κ2) is 13.2. The van der Waals surface area contributed by atoms with Crippen LogP contribution in [0.25, 0.3) is 0 Å². The van der Waals surface area contributed by atoms with Crippen LogP contribution in [0.15, 0.2) is 70.9 Å². The molecule has 0 fully saturated rings. The Kier molecular flexibility index (Phi) is 9.02. The van der Waals surface area contributed by atoms with Gasteiger partial charge in [0.2, 0.25) is 5.91 Å². The molecule has 2 aromatic heterocycles. The third-order valence-corrected chi connectivity index (χ3v) is 7.11. The number of benzene rings is 3. The summed E-state index contributed by atoms with van der Waals surface area (Å²) in [6.07, 6.45) is 3.56. The van der Waals surface area contributed by atoms with E-state index in [4.69, 9.17) is 0 Å². The van der Waals surface area contributed by atoms with Crippen molar-refractivity contribution in [1.82, 2.24) is 40.6 Å². The van der Waals surface area contributed by atoms with Crippen LogP contribution in [0.3, 0.4) is 0 Å². The summed E-state index contributed by atoms with van der Waals surface area (Å²) in [6, 6.07) is 17.6. The largest absolute Gasteiger partial charge is 0.508 e. The molecule has 0 unspecified atom stereocenters. The summed E-state index contributed by atoms with van der Waals surface area (Å²) in [5.41, 5.74) is 3.74. The van der Waals surface area contributed by atoms with E-state index in [0.717, 1.165) is 5.56 Å². The van der Waals surface area contributed by atoms with Crippen molar-refractivity contribution in [2.75, 3.05) is 11.9 Å². The Bertz CT molecular complexity index is 1780. The number of carbonyl (C=O) groups is 1. The number of amides is 1. The molecule has 3 aromatic carbocycles.